The third-order valence-corrected chi connectivity index (χ3v) is 2.58. The molecule has 0 radical (unpaired) electrons. The van der Waals surface area contributed by atoms with Crippen molar-refractivity contribution in [2.75, 3.05) is 40.4 Å². The zero-order valence-corrected chi connectivity index (χ0v) is 9.66. The highest BCUT2D eigenvalue weighted by molar-refractivity contribution is 5.78. The molecule has 0 saturated carbocycles. The Balaban J connectivity index is 2.48. The third kappa shape index (κ3) is 3.15. The van der Waals surface area contributed by atoms with Gasteiger partial charge in [-0.05, 0) is 14.0 Å². The lowest BCUT2D eigenvalue weighted by molar-refractivity contribution is -0.129. The second kappa shape index (κ2) is 6.05. The fourth-order valence-electron chi connectivity index (χ4n) is 1.81. The largest absolute Gasteiger partial charge is 0.377 e. The molecule has 5 heteroatoms. The fraction of sp³-hybridized carbons (Fsp3) is 0.900. The molecular weight excluding hydrogens is 196 g/mol. The summed E-state index contributed by atoms with van der Waals surface area (Å²) in [4.78, 5) is 13.4. The van der Waals surface area contributed by atoms with E-state index in [-0.39, 0.29) is 18.1 Å². The molecule has 5 nitrogen and oxygen atoms in total. The van der Waals surface area contributed by atoms with E-state index >= 15 is 0 Å². The Kier molecular flexibility index (Phi) is 5.01. The number of methoxy groups -OCH3 is 1. The molecule has 1 aliphatic rings. The summed E-state index contributed by atoms with van der Waals surface area (Å²) in [6.07, 6.45) is 0.0200. The van der Waals surface area contributed by atoms with Crippen LogP contribution < -0.4 is 5.32 Å². The molecule has 0 spiro atoms. The van der Waals surface area contributed by atoms with E-state index in [2.05, 4.69) is 5.32 Å². The zero-order valence-electron chi connectivity index (χ0n) is 9.66. The van der Waals surface area contributed by atoms with Gasteiger partial charge in [0, 0.05) is 26.8 Å². The van der Waals surface area contributed by atoms with Crippen molar-refractivity contribution in [3.05, 3.63) is 0 Å². The topological polar surface area (TPSA) is 50.8 Å². The molecule has 1 amide bonds. The lowest BCUT2D eigenvalue weighted by Gasteiger charge is -2.15. The van der Waals surface area contributed by atoms with Crippen LogP contribution in [0, 0.1) is 0 Å². The van der Waals surface area contributed by atoms with Gasteiger partial charge in [-0.25, -0.2) is 0 Å². The van der Waals surface area contributed by atoms with Crippen molar-refractivity contribution in [3.8, 4) is 0 Å². The van der Waals surface area contributed by atoms with Crippen LogP contribution in [0.2, 0.25) is 0 Å². The van der Waals surface area contributed by atoms with Gasteiger partial charge in [-0.1, -0.05) is 0 Å². The van der Waals surface area contributed by atoms with Gasteiger partial charge in [0.05, 0.1) is 6.54 Å². The van der Waals surface area contributed by atoms with Gasteiger partial charge in [-0.2, -0.15) is 0 Å². The number of nitrogens with one attached hydrogen (secondary N) is 1. The maximum Gasteiger partial charge on any atom is 0.236 e. The lowest BCUT2D eigenvalue weighted by atomic mass is 10.2. The SMILES string of the molecule is CCO[C@H]1CN(C(=O)CNC)C[C@@H]1OC. The molecule has 1 saturated heterocycles. The molecule has 0 unspecified atom stereocenters. The summed E-state index contributed by atoms with van der Waals surface area (Å²) in [6, 6.07) is 0. The molecule has 1 heterocycles. The molecule has 88 valence electrons. The van der Waals surface area contributed by atoms with E-state index in [0.717, 1.165) is 0 Å². The average molecular weight is 216 g/mol. The Bertz CT molecular complexity index is 211. The molecule has 15 heavy (non-hydrogen) atoms. The van der Waals surface area contributed by atoms with Crippen LogP contribution in [0.3, 0.4) is 0 Å². The summed E-state index contributed by atoms with van der Waals surface area (Å²) in [7, 11) is 3.42. The monoisotopic (exact) mass is 216 g/mol. The molecule has 0 aromatic carbocycles. The molecule has 2 atom stereocenters. The van der Waals surface area contributed by atoms with Crippen molar-refractivity contribution in [1.82, 2.24) is 10.2 Å². The summed E-state index contributed by atoms with van der Waals surface area (Å²) in [6.45, 7) is 4.23. The normalized spacial score (nSPS) is 25.9. The fourth-order valence-corrected chi connectivity index (χ4v) is 1.81. The maximum absolute atomic E-state index is 11.6. The quantitative estimate of drug-likeness (QED) is 0.671. The van der Waals surface area contributed by atoms with Gasteiger partial charge < -0.3 is 19.7 Å². The molecule has 0 aliphatic carbocycles. The molecule has 1 N–H and O–H groups in total. The summed E-state index contributed by atoms with van der Waals surface area (Å²) in [5, 5.41) is 2.85. The number of likely N-dealkylation sites (N-methyl/N-ethyl adjacent to an activating group) is 1. The van der Waals surface area contributed by atoms with Gasteiger partial charge in [0.25, 0.3) is 0 Å². The number of rotatable bonds is 5. The van der Waals surface area contributed by atoms with E-state index in [1.165, 1.54) is 0 Å². The number of carbonyl (C=O) groups excluding carboxylic acids is 1. The van der Waals surface area contributed by atoms with Crippen LogP contribution in [-0.4, -0.2) is 63.4 Å². The molecule has 0 bridgehead atoms. The molecule has 1 rings (SSSR count). The second-order valence-electron chi connectivity index (χ2n) is 3.60. The first-order chi connectivity index (χ1) is 7.22. The highest BCUT2D eigenvalue weighted by Gasteiger charge is 2.35. The first-order valence-electron chi connectivity index (χ1n) is 5.29. The molecule has 1 fully saturated rings. The van der Waals surface area contributed by atoms with Crippen LogP contribution in [0.5, 0.6) is 0 Å². The molecule has 1 aliphatic heterocycles. The van der Waals surface area contributed by atoms with Crippen molar-refractivity contribution in [2.45, 2.75) is 19.1 Å². The van der Waals surface area contributed by atoms with Crippen LogP contribution in [-0.2, 0) is 14.3 Å². The summed E-state index contributed by atoms with van der Waals surface area (Å²) < 4.78 is 10.8. The Hall–Kier alpha value is -0.650. The van der Waals surface area contributed by atoms with Crippen LogP contribution >= 0.6 is 0 Å². The standard InChI is InChI=1S/C10H20N2O3/c1-4-15-9-7-12(6-8(9)14-3)10(13)5-11-2/h8-9,11H,4-7H2,1-3H3/t8-,9-/m0/s1. The van der Waals surface area contributed by atoms with Crippen LogP contribution in [0.1, 0.15) is 6.92 Å². The van der Waals surface area contributed by atoms with Crippen molar-refractivity contribution in [3.63, 3.8) is 0 Å². The second-order valence-corrected chi connectivity index (χ2v) is 3.60. The van der Waals surface area contributed by atoms with Gasteiger partial charge in [-0.3, -0.25) is 4.79 Å². The highest BCUT2D eigenvalue weighted by Crippen LogP contribution is 2.16. The van der Waals surface area contributed by atoms with Gasteiger partial charge in [0.2, 0.25) is 5.91 Å². The van der Waals surface area contributed by atoms with Gasteiger partial charge in [0.1, 0.15) is 12.2 Å². The Morgan fingerprint density at radius 2 is 2.13 bits per heavy atom. The number of ether oxygens (including phenoxy) is 2. The smallest absolute Gasteiger partial charge is 0.236 e. The van der Waals surface area contributed by atoms with Crippen molar-refractivity contribution >= 4 is 5.91 Å². The minimum absolute atomic E-state index is 0.00533. The van der Waals surface area contributed by atoms with Crippen molar-refractivity contribution in [1.29, 1.82) is 0 Å². The lowest BCUT2D eigenvalue weighted by Crippen LogP contribution is -2.36. The van der Waals surface area contributed by atoms with Crippen LogP contribution in [0.4, 0.5) is 0 Å². The number of amides is 1. The van der Waals surface area contributed by atoms with E-state index < -0.39 is 0 Å². The number of hydrogen-bond acceptors (Lipinski definition) is 4. The Morgan fingerprint density at radius 1 is 1.47 bits per heavy atom. The average Bonchev–Trinajstić information content (AvgIpc) is 2.62. The van der Waals surface area contributed by atoms with Crippen LogP contribution in [0.25, 0.3) is 0 Å². The molecule has 0 aromatic heterocycles. The van der Waals surface area contributed by atoms with E-state index in [9.17, 15) is 4.79 Å². The van der Waals surface area contributed by atoms with E-state index in [1.807, 2.05) is 6.92 Å². The van der Waals surface area contributed by atoms with E-state index in [0.29, 0.717) is 26.2 Å². The number of hydrogen-bond donors (Lipinski definition) is 1. The predicted molar refractivity (Wildman–Crippen MR) is 56.7 cm³/mol. The molecule has 0 aromatic rings. The Morgan fingerprint density at radius 3 is 2.67 bits per heavy atom. The van der Waals surface area contributed by atoms with Gasteiger partial charge >= 0.3 is 0 Å². The summed E-state index contributed by atoms with van der Waals surface area (Å²) >= 11 is 0. The minimum atomic E-state index is 0.00533. The van der Waals surface area contributed by atoms with Crippen molar-refractivity contribution < 1.29 is 14.3 Å². The number of nitrogens with zero attached hydrogens (tertiary/aromatic N) is 1. The Labute approximate surface area is 90.7 Å². The number of likely N-dealkylation sites (tertiary alicyclic amines) is 1. The number of carbonyl (C=O) groups is 1. The zero-order chi connectivity index (χ0) is 11.3. The highest BCUT2D eigenvalue weighted by atomic mass is 16.5. The van der Waals surface area contributed by atoms with Gasteiger partial charge in [-0.15, -0.1) is 0 Å². The van der Waals surface area contributed by atoms with E-state index in [1.54, 1.807) is 19.1 Å². The summed E-state index contributed by atoms with van der Waals surface area (Å²) in [5.74, 6) is 0.0988. The molecular formula is C10H20N2O3. The maximum atomic E-state index is 11.6. The predicted octanol–water partition coefficient (Wildman–Crippen LogP) is -0.532. The van der Waals surface area contributed by atoms with Gasteiger partial charge in [0.15, 0.2) is 0 Å². The van der Waals surface area contributed by atoms with Crippen molar-refractivity contribution in [2.24, 2.45) is 0 Å². The minimum Gasteiger partial charge on any atom is -0.377 e. The first-order valence-corrected chi connectivity index (χ1v) is 5.29. The van der Waals surface area contributed by atoms with Crippen LogP contribution in [0.15, 0.2) is 0 Å². The first kappa shape index (κ1) is 12.4. The van der Waals surface area contributed by atoms with E-state index in [4.69, 9.17) is 9.47 Å². The third-order valence-electron chi connectivity index (χ3n) is 2.58. The summed E-state index contributed by atoms with van der Waals surface area (Å²) in [5.41, 5.74) is 0.